The minimum atomic E-state index is 0.277. The van der Waals surface area contributed by atoms with E-state index in [0.717, 1.165) is 77.8 Å². The van der Waals surface area contributed by atoms with Gasteiger partial charge >= 0.3 is 0 Å². The fourth-order valence-corrected chi connectivity index (χ4v) is 4.59. The van der Waals surface area contributed by atoms with E-state index >= 15 is 0 Å². The van der Waals surface area contributed by atoms with E-state index in [2.05, 4.69) is 29.2 Å². The molecule has 7 nitrogen and oxygen atoms in total. The number of furan rings is 1. The lowest BCUT2D eigenvalue weighted by molar-refractivity contribution is 0.174. The number of nitrogens with two attached hydrogens (primary N) is 1. The quantitative estimate of drug-likeness (QED) is 0.492. The Morgan fingerprint density at radius 1 is 0.939 bits per heavy atom. The highest BCUT2D eigenvalue weighted by atomic mass is 16.7. The first-order valence-corrected chi connectivity index (χ1v) is 11.3. The summed E-state index contributed by atoms with van der Waals surface area (Å²) in [5, 5.41) is 4.74. The van der Waals surface area contributed by atoms with Crippen LogP contribution in [-0.4, -0.2) is 40.6 Å². The molecular formula is C26H26N4O3. The van der Waals surface area contributed by atoms with Gasteiger partial charge in [-0.05, 0) is 73.5 Å². The lowest BCUT2D eigenvalue weighted by Crippen LogP contribution is -2.39. The van der Waals surface area contributed by atoms with Crippen LogP contribution in [0.3, 0.4) is 0 Å². The van der Waals surface area contributed by atoms with Crippen LogP contribution in [-0.2, 0) is 6.54 Å². The number of likely N-dealkylation sites (tertiary alicyclic amines) is 1. The van der Waals surface area contributed by atoms with E-state index in [4.69, 9.17) is 24.7 Å². The summed E-state index contributed by atoms with van der Waals surface area (Å²) in [6, 6.07) is 18.6. The van der Waals surface area contributed by atoms with E-state index in [9.17, 15) is 0 Å². The monoisotopic (exact) mass is 442 g/mol. The molecule has 2 aliphatic heterocycles. The van der Waals surface area contributed by atoms with Gasteiger partial charge in [0.1, 0.15) is 5.69 Å². The number of piperidine rings is 1. The Hall–Kier alpha value is -3.55. The van der Waals surface area contributed by atoms with Crippen LogP contribution in [0, 0.1) is 0 Å². The summed E-state index contributed by atoms with van der Waals surface area (Å²) < 4.78 is 18.7. The molecule has 0 bridgehead atoms. The lowest BCUT2D eigenvalue weighted by Gasteiger charge is -2.29. The van der Waals surface area contributed by atoms with Gasteiger partial charge in [-0.1, -0.05) is 18.2 Å². The van der Waals surface area contributed by atoms with Gasteiger partial charge in [-0.25, -0.2) is 4.68 Å². The van der Waals surface area contributed by atoms with Crippen LogP contribution in [0.15, 0.2) is 71.5 Å². The third-order valence-corrected chi connectivity index (χ3v) is 6.44. The number of benzene rings is 2. The Morgan fingerprint density at radius 2 is 1.73 bits per heavy atom. The Balaban J connectivity index is 1.31. The first-order valence-electron chi connectivity index (χ1n) is 11.3. The number of hydrogen-bond acceptors (Lipinski definition) is 6. The molecule has 2 aromatic heterocycles. The average Bonchev–Trinajstić information content (AvgIpc) is 3.61. The minimum absolute atomic E-state index is 0.277. The summed E-state index contributed by atoms with van der Waals surface area (Å²) in [5.41, 5.74) is 11.4. The largest absolute Gasteiger partial charge is 0.463 e. The third-order valence-electron chi connectivity index (χ3n) is 6.44. The van der Waals surface area contributed by atoms with E-state index in [-0.39, 0.29) is 6.79 Å². The van der Waals surface area contributed by atoms with Gasteiger partial charge in [-0.15, -0.1) is 0 Å². The molecule has 0 amide bonds. The average molecular weight is 443 g/mol. The first kappa shape index (κ1) is 20.1. The standard InChI is InChI=1S/C26H26N4O3/c27-21-9-11-29(12-10-21)16-20-15-28-30(26(20)24-2-1-13-31-24)22-6-3-18(4-7-22)19-5-8-23-25(14-19)33-17-32-23/h1-8,13-15,21H,9-12,16-17,27H2. The van der Waals surface area contributed by atoms with Gasteiger partial charge in [0.2, 0.25) is 6.79 Å². The van der Waals surface area contributed by atoms with Crippen molar-refractivity contribution >= 4 is 0 Å². The molecule has 6 rings (SSSR count). The second-order valence-electron chi connectivity index (χ2n) is 8.64. The van der Waals surface area contributed by atoms with Crippen molar-refractivity contribution in [3.8, 4) is 39.8 Å². The number of rotatable bonds is 5. The highest BCUT2D eigenvalue weighted by Gasteiger charge is 2.22. The highest BCUT2D eigenvalue weighted by molar-refractivity contribution is 5.69. The maximum absolute atomic E-state index is 6.09. The molecule has 2 aromatic carbocycles. The number of nitrogens with zero attached hydrogens (tertiary/aromatic N) is 3. The molecule has 2 N–H and O–H groups in total. The van der Waals surface area contributed by atoms with Crippen molar-refractivity contribution in [1.29, 1.82) is 0 Å². The number of fused-ring (bicyclic) bond motifs is 1. The fraction of sp³-hybridized carbons (Fsp3) is 0.269. The number of ether oxygens (including phenoxy) is 2. The molecule has 4 heterocycles. The van der Waals surface area contributed by atoms with E-state index in [1.54, 1.807) is 6.26 Å². The van der Waals surface area contributed by atoms with Crippen molar-refractivity contribution in [2.75, 3.05) is 19.9 Å². The molecule has 0 spiro atoms. The van der Waals surface area contributed by atoms with Crippen molar-refractivity contribution in [3.05, 3.63) is 72.6 Å². The summed E-state index contributed by atoms with van der Waals surface area (Å²) in [7, 11) is 0. The van der Waals surface area contributed by atoms with E-state index in [1.807, 2.05) is 41.2 Å². The topological polar surface area (TPSA) is 78.7 Å². The number of aromatic nitrogens is 2. The predicted molar refractivity (Wildman–Crippen MR) is 125 cm³/mol. The van der Waals surface area contributed by atoms with Crippen LogP contribution in [0.1, 0.15) is 18.4 Å². The zero-order chi connectivity index (χ0) is 22.2. The second kappa shape index (κ2) is 8.42. The van der Waals surface area contributed by atoms with Crippen molar-refractivity contribution in [2.45, 2.75) is 25.4 Å². The van der Waals surface area contributed by atoms with Crippen molar-refractivity contribution in [2.24, 2.45) is 5.73 Å². The molecule has 0 saturated carbocycles. The lowest BCUT2D eigenvalue weighted by atomic mass is 10.0. The van der Waals surface area contributed by atoms with Gasteiger partial charge < -0.3 is 19.6 Å². The maximum Gasteiger partial charge on any atom is 0.231 e. The molecule has 0 aliphatic carbocycles. The van der Waals surface area contributed by atoms with Crippen LogP contribution in [0.4, 0.5) is 0 Å². The van der Waals surface area contributed by atoms with E-state index < -0.39 is 0 Å². The van der Waals surface area contributed by atoms with Crippen LogP contribution >= 0.6 is 0 Å². The molecule has 2 aliphatic rings. The van der Waals surface area contributed by atoms with Gasteiger partial charge in [-0.2, -0.15) is 5.10 Å². The van der Waals surface area contributed by atoms with Crippen molar-refractivity contribution in [3.63, 3.8) is 0 Å². The molecular weight excluding hydrogens is 416 g/mol. The third kappa shape index (κ3) is 3.90. The Morgan fingerprint density at radius 3 is 2.52 bits per heavy atom. The van der Waals surface area contributed by atoms with Crippen LogP contribution in [0.5, 0.6) is 11.5 Å². The summed E-state index contributed by atoms with van der Waals surface area (Å²) in [6.07, 6.45) is 5.73. The molecule has 33 heavy (non-hydrogen) atoms. The second-order valence-corrected chi connectivity index (χ2v) is 8.64. The normalized spacial score (nSPS) is 16.4. The zero-order valence-electron chi connectivity index (χ0n) is 18.3. The van der Waals surface area contributed by atoms with Crippen molar-refractivity contribution < 1.29 is 13.9 Å². The number of hydrogen-bond donors (Lipinski definition) is 1. The zero-order valence-corrected chi connectivity index (χ0v) is 18.3. The van der Waals surface area contributed by atoms with E-state index in [0.29, 0.717) is 6.04 Å². The SMILES string of the molecule is NC1CCN(Cc2cnn(-c3ccc(-c4ccc5c(c4)OCO5)cc3)c2-c2ccco2)CC1. The summed E-state index contributed by atoms with van der Waals surface area (Å²) in [4.78, 5) is 2.44. The maximum atomic E-state index is 6.09. The molecule has 1 saturated heterocycles. The molecule has 168 valence electrons. The predicted octanol–water partition coefficient (Wildman–Crippen LogP) is 4.45. The molecule has 1 fully saturated rings. The van der Waals surface area contributed by atoms with Gasteiger partial charge in [0.05, 0.1) is 18.1 Å². The van der Waals surface area contributed by atoms with Gasteiger partial charge in [-0.3, -0.25) is 4.90 Å². The molecule has 0 radical (unpaired) electrons. The van der Waals surface area contributed by atoms with Crippen molar-refractivity contribution in [1.82, 2.24) is 14.7 Å². The molecule has 0 atom stereocenters. The van der Waals surface area contributed by atoms with Crippen LogP contribution in [0.25, 0.3) is 28.3 Å². The highest BCUT2D eigenvalue weighted by Crippen LogP contribution is 2.36. The summed E-state index contributed by atoms with van der Waals surface area (Å²) in [6.45, 7) is 3.12. The van der Waals surface area contributed by atoms with Gasteiger partial charge in [0.25, 0.3) is 0 Å². The summed E-state index contributed by atoms with van der Waals surface area (Å²) in [5.74, 6) is 2.39. The fourth-order valence-electron chi connectivity index (χ4n) is 4.59. The Labute approximate surface area is 192 Å². The minimum Gasteiger partial charge on any atom is -0.463 e. The Kier molecular flexibility index (Phi) is 5.13. The van der Waals surface area contributed by atoms with E-state index in [1.165, 1.54) is 0 Å². The van der Waals surface area contributed by atoms with Crippen LogP contribution in [0.2, 0.25) is 0 Å². The summed E-state index contributed by atoms with van der Waals surface area (Å²) >= 11 is 0. The molecule has 0 unspecified atom stereocenters. The Bertz CT molecular complexity index is 1240. The molecule has 4 aromatic rings. The van der Waals surface area contributed by atoms with Crippen LogP contribution < -0.4 is 15.2 Å². The molecule has 7 heteroatoms. The smallest absolute Gasteiger partial charge is 0.231 e. The van der Waals surface area contributed by atoms with Gasteiger partial charge in [0.15, 0.2) is 17.3 Å². The first-order chi connectivity index (χ1) is 16.2. The van der Waals surface area contributed by atoms with Gasteiger partial charge in [0, 0.05) is 18.2 Å².